The molecule has 35 heavy (non-hydrogen) atoms. The molecule has 174 valence electrons. The number of hydrogen-bond donors (Lipinski definition) is 0. The summed E-state index contributed by atoms with van der Waals surface area (Å²) in [5.41, 5.74) is 0.754. The second kappa shape index (κ2) is 9.03. The van der Waals surface area contributed by atoms with E-state index in [2.05, 4.69) is 10.1 Å². The number of nitro groups is 1. The SMILES string of the molecule is CCOc1c(C=Nn2c(-c3cc4cc(Cl)ccc4o3)nc3ccccc3c2=O)cccc1[N+](=O)[O-]. The number of fused-ring (bicyclic) bond motifs is 2. The van der Waals surface area contributed by atoms with Gasteiger partial charge in [-0.2, -0.15) is 9.78 Å². The lowest BCUT2D eigenvalue weighted by atomic mass is 10.2. The number of ether oxygens (including phenoxy) is 1. The van der Waals surface area contributed by atoms with E-state index in [-0.39, 0.29) is 23.9 Å². The highest BCUT2D eigenvalue weighted by molar-refractivity contribution is 6.31. The molecule has 2 heterocycles. The smallest absolute Gasteiger partial charge is 0.311 e. The van der Waals surface area contributed by atoms with Crippen molar-refractivity contribution in [3.63, 3.8) is 0 Å². The molecule has 2 aromatic heterocycles. The van der Waals surface area contributed by atoms with E-state index in [1.807, 2.05) is 0 Å². The highest BCUT2D eigenvalue weighted by Gasteiger charge is 2.19. The standard InChI is InChI=1S/C25H17ClN4O5/c1-2-34-23-15(6-5-9-20(23)30(32)33)14-27-29-24(28-19-8-4-3-7-18(19)25(29)31)22-13-16-12-17(26)10-11-21(16)35-22/h3-14H,2H2,1H3. The predicted octanol–water partition coefficient (Wildman–Crippen LogP) is 5.65. The Kier molecular flexibility index (Phi) is 5.76. The molecule has 0 N–H and O–H groups in total. The van der Waals surface area contributed by atoms with Crippen LogP contribution >= 0.6 is 11.6 Å². The van der Waals surface area contributed by atoms with Crippen LogP contribution in [0.1, 0.15) is 12.5 Å². The molecule has 0 amide bonds. The van der Waals surface area contributed by atoms with Crippen molar-refractivity contribution in [3.05, 3.63) is 97.8 Å². The van der Waals surface area contributed by atoms with Gasteiger partial charge in [0, 0.05) is 22.0 Å². The lowest BCUT2D eigenvalue weighted by molar-refractivity contribution is -0.385. The van der Waals surface area contributed by atoms with Crippen molar-refractivity contribution in [1.82, 2.24) is 9.66 Å². The summed E-state index contributed by atoms with van der Waals surface area (Å²) in [6.07, 6.45) is 1.33. The highest BCUT2D eigenvalue weighted by Crippen LogP contribution is 2.31. The molecule has 0 aliphatic carbocycles. The Bertz CT molecular complexity index is 1690. The van der Waals surface area contributed by atoms with Crippen LogP contribution in [-0.4, -0.2) is 27.4 Å². The van der Waals surface area contributed by atoms with Crippen LogP contribution in [0.25, 0.3) is 33.5 Å². The van der Waals surface area contributed by atoms with Gasteiger partial charge < -0.3 is 9.15 Å². The topological polar surface area (TPSA) is 113 Å². The molecule has 0 spiro atoms. The summed E-state index contributed by atoms with van der Waals surface area (Å²) in [5, 5.41) is 17.5. The molecule has 5 rings (SSSR count). The Morgan fingerprint density at radius 1 is 1.17 bits per heavy atom. The largest absolute Gasteiger partial charge is 0.487 e. The van der Waals surface area contributed by atoms with Gasteiger partial charge in [0.25, 0.3) is 5.56 Å². The van der Waals surface area contributed by atoms with E-state index < -0.39 is 10.5 Å². The summed E-state index contributed by atoms with van der Waals surface area (Å²) in [5.74, 6) is 0.539. The van der Waals surface area contributed by atoms with Gasteiger partial charge in [0.15, 0.2) is 5.76 Å². The molecule has 3 aromatic carbocycles. The molecule has 0 atom stereocenters. The minimum atomic E-state index is -0.531. The number of para-hydroxylation sites is 2. The molecular weight excluding hydrogens is 472 g/mol. The third kappa shape index (κ3) is 4.13. The van der Waals surface area contributed by atoms with Gasteiger partial charge in [-0.3, -0.25) is 14.9 Å². The van der Waals surface area contributed by atoms with Crippen LogP contribution in [0.3, 0.4) is 0 Å². The zero-order valence-electron chi connectivity index (χ0n) is 18.3. The Hall–Kier alpha value is -4.50. The number of hydrogen-bond acceptors (Lipinski definition) is 7. The zero-order chi connectivity index (χ0) is 24.5. The van der Waals surface area contributed by atoms with Crippen LogP contribution < -0.4 is 10.3 Å². The zero-order valence-corrected chi connectivity index (χ0v) is 19.1. The van der Waals surface area contributed by atoms with Crippen molar-refractivity contribution in [3.8, 4) is 17.3 Å². The minimum absolute atomic E-state index is 0.0606. The quantitative estimate of drug-likeness (QED) is 0.173. The van der Waals surface area contributed by atoms with Crippen LogP contribution in [0, 0.1) is 10.1 Å². The van der Waals surface area contributed by atoms with Gasteiger partial charge >= 0.3 is 5.69 Å². The second-order valence-corrected chi connectivity index (χ2v) is 7.93. The third-order valence-electron chi connectivity index (χ3n) is 5.27. The molecule has 0 saturated heterocycles. The number of benzene rings is 3. The van der Waals surface area contributed by atoms with Gasteiger partial charge in [-0.1, -0.05) is 29.8 Å². The summed E-state index contributed by atoms with van der Waals surface area (Å²) >= 11 is 6.11. The average Bonchev–Trinajstić information content (AvgIpc) is 3.27. The van der Waals surface area contributed by atoms with E-state index in [4.69, 9.17) is 20.8 Å². The van der Waals surface area contributed by atoms with Gasteiger partial charge in [0.05, 0.1) is 28.6 Å². The van der Waals surface area contributed by atoms with Crippen LogP contribution in [0.2, 0.25) is 5.02 Å². The first-order valence-corrected chi connectivity index (χ1v) is 11.0. The maximum atomic E-state index is 13.4. The Morgan fingerprint density at radius 3 is 2.80 bits per heavy atom. The summed E-state index contributed by atoms with van der Waals surface area (Å²) < 4.78 is 12.6. The van der Waals surface area contributed by atoms with Crippen LogP contribution in [-0.2, 0) is 0 Å². The molecule has 10 heteroatoms. The summed E-state index contributed by atoms with van der Waals surface area (Å²) in [4.78, 5) is 29.0. The van der Waals surface area contributed by atoms with Gasteiger partial charge in [-0.25, -0.2) is 4.98 Å². The van der Waals surface area contributed by atoms with Crippen LogP contribution in [0.4, 0.5) is 5.69 Å². The predicted molar refractivity (Wildman–Crippen MR) is 133 cm³/mol. The molecule has 5 aromatic rings. The van der Waals surface area contributed by atoms with E-state index in [0.717, 1.165) is 10.1 Å². The molecular formula is C25H17ClN4O5. The van der Waals surface area contributed by atoms with Crippen molar-refractivity contribution in [2.24, 2.45) is 5.10 Å². The van der Waals surface area contributed by atoms with E-state index >= 15 is 0 Å². The first-order valence-electron chi connectivity index (χ1n) is 10.6. The Balaban J connectivity index is 1.72. The van der Waals surface area contributed by atoms with E-state index in [9.17, 15) is 14.9 Å². The maximum absolute atomic E-state index is 13.4. The fourth-order valence-electron chi connectivity index (χ4n) is 3.72. The maximum Gasteiger partial charge on any atom is 0.311 e. The van der Waals surface area contributed by atoms with Crippen molar-refractivity contribution in [1.29, 1.82) is 0 Å². The summed E-state index contributed by atoms with van der Waals surface area (Å²) in [6, 6.07) is 18.3. The van der Waals surface area contributed by atoms with E-state index in [1.165, 1.54) is 18.3 Å². The second-order valence-electron chi connectivity index (χ2n) is 7.49. The number of furan rings is 1. The normalized spacial score (nSPS) is 11.5. The Morgan fingerprint density at radius 2 is 2.00 bits per heavy atom. The molecule has 0 saturated carbocycles. The first kappa shape index (κ1) is 22.3. The molecule has 0 aliphatic heterocycles. The number of halogens is 1. The van der Waals surface area contributed by atoms with Crippen molar-refractivity contribution in [2.45, 2.75) is 6.92 Å². The van der Waals surface area contributed by atoms with Gasteiger partial charge in [0.2, 0.25) is 11.6 Å². The number of nitro benzene ring substituents is 1. The lowest BCUT2D eigenvalue weighted by Gasteiger charge is -2.09. The van der Waals surface area contributed by atoms with Crippen molar-refractivity contribution >= 4 is 45.4 Å². The molecule has 9 nitrogen and oxygen atoms in total. The van der Waals surface area contributed by atoms with Crippen LogP contribution in [0.5, 0.6) is 5.75 Å². The average molecular weight is 489 g/mol. The first-order chi connectivity index (χ1) is 17.0. The highest BCUT2D eigenvalue weighted by atomic mass is 35.5. The molecule has 0 bridgehead atoms. The number of nitrogens with zero attached hydrogens (tertiary/aromatic N) is 4. The van der Waals surface area contributed by atoms with Crippen molar-refractivity contribution < 1.29 is 14.1 Å². The fourth-order valence-corrected chi connectivity index (χ4v) is 3.90. The molecule has 0 radical (unpaired) electrons. The lowest BCUT2D eigenvalue weighted by Crippen LogP contribution is -2.20. The molecule has 0 unspecified atom stereocenters. The van der Waals surface area contributed by atoms with E-state index in [1.54, 1.807) is 61.5 Å². The van der Waals surface area contributed by atoms with Gasteiger partial charge in [-0.15, -0.1) is 0 Å². The minimum Gasteiger partial charge on any atom is -0.487 e. The number of aromatic nitrogens is 2. The van der Waals surface area contributed by atoms with E-state index in [0.29, 0.717) is 32.8 Å². The monoisotopic (exact) mass is 488 g/mol. The Labute approximate surface area is 203 Å². The summed E-state index contributed by atoms with van der Waals surface area (Å²) in [7, 11) is 0. The summed E-state index contributed by atoms with van der Waals surface area (Å²) in [6.45, 7) is 1.94. The molecule has 0 aliphatic rings. The third-order valence-corrected chi connectivity index (χ3v) is 5.51. The van der Waals surface area contributed by atoms with Gasteiger partial charge in [0.1, 0.15) is 5.58 Å². The fraction of sp³-hybridized carbons (Fsp3) is 0.0800. The molecule has 0 fully saturated rings. The van der Waals surface area contributed by atoms with Gasteiger partial charge in [-0.05, 0) is 49.4 Å². The van der Waals surface area contributed by atoms with Crippen LogP contribution in [0.15, 0.2) is 81.0 Å². The number of rotatable bonds is 6. The van der Waals surface area contributed by atoms with Crippen molar-refractivity contribution in [2.75, 3.05) is 6.61 Å².